The van der Waals surface area contributed by atoms with Crippen LogP contribution in [0.1, 0.15) is 303 Å². The molecule has 0 spiro atoms. The van der Waals surface area contributed by atoms with E-state index >= 15 is 0 Å². The van der Waals surface area contributed by atoms with Gasteiger partial charge in [-0.25, -0.2) is 0 Å². The van der Waals surface area contributed by atoms with Gasteiger partial charge >= 0.3 is 17.9 Å². The average molecular weight is 966 g/mol. The summed E-state index contributed by atoms with van der Waals surface area (Å²) in [4.78, 5) is 37.9. The molecule has 0 amide bonds. The largest absolute Gasteiger partial charge is 0.462 e. The summed E-state index contributed by atoms with van der Waals surface area (Å²) in [6, 6.07) is 0. The smallest absolute Gasteiger partial charge is 0.306 e. The Morgan fingerprint density at radius 3 is 0.826 bits per heavy atom. The first-order chi connectivity index (χ1) is 34.0. The highest BCUT2D eigenvalue weighted by atomic mass is 16.6. The summed E-state index contributed by atoms with van der Waals surface area (Å²) in [5.41, 5.74) is 0. The molecule has 0 aliphatic carbocycles. The van der Waals surface area contributed by atoms with E-state index in [2.05, 4.69) is 81.5 Å². The second-order valence-corrected chi connectivity index (χ2v) is 19.9. The van der Waals surface area contributed by atoms with Gasteiger partial charge in [0.05, 0.1) is 0 Å². The standard InChI is InChI=1S/C63H112O6/c1-4-7-10-13-16-18-20-22-24-26-27-28-29-30-31-32-33-34-35-36-37-38-40-41-43-45-47-50-53-56-62(65)68-59-60(58-67-61(64)55-52-49-15-12-9-6-3)69-63(66)57-54-51-48-46-44-42-39-25-23-21-19-17-14-11-8-5-2/h19-22,25-27,29-30,39,60H,4-18,23-24,28,31-38,40-59H2,1-3H3/b21-19-,22-20-,27-26-,30-29-,39-25-. The Balaban J connectivity index is 4.06. The Morgan fingerprint density at radius 2 is 0.522 bits per heavy atom. The van der Waals surface area contributed by atoms with Crippen LogP contribution in [-0.2, 0) is 28.6 Å². The van der Waals surface area contributed by atoms with Crippen molar-refractivity contribution in [1.29, 1.82) is 0 Å². The number of allylic oxidation sites excluding steroid dienone is 10. The number of carbonyl (C=O) groups excluding carboxylic acids is 3. The van der Waals surface area contributed by atoms with Gasteiger partial charge in [-0.15, -0.1) is 0 Å². The van der Waals surface area contributed by atoms with Gasteiger partial charge in [-0.2, -0.15) is 0 Å². The number of esters is 3. The maximum Gasteiger partial charge on any atom is 0.306 e. The van der Waals surface area contributed by atoms with E-state index in [-0.39, 0.29) is 31.1 Å². The van der Waals surface area contributed by atoms with E-state index in [4.69, 9.17) is 14.2 Å². The van der Waals surface area contributed by atoms with E-state index in [1.54, 1.807) is 0 Å². The minimum Gasteiger partial charge on any atom is -0.462 e. The molecule has 0 aliphatic rings. The molecule has 400 valence electrons. The van der Waals surface area contributed by atoms with E-state index in [1.165, 1.54) is 167 Å². The Hall–Kier alpha value is -2.89. The first-order valence-corrected chi connectivity index (χ1v) is 29.8. The molecule has 0 bridgehead atoms. The highest BCUT2D eigenvalue weighted by Crippen LogP contribution is 2.16. The molecule has 0 aromatic rings. The van der Waals surface area contributed by atoms with Crippen LogP contribution in [0.3, 0.4) is 0 Å². The molecule has 69 heavy (non-hydrogen) atoms. The van der Waals surface area contributed by atoms with E-state index in [0.29, 0.717) is 19.3 Å². The second-order valence-electron chi connectivity index (χ2n) is 19.9. The van der Waals surface area contributed by atoms with Crippen molar-refractivity contribution < 1.29 is 28.6 Å². The van der Waals surface area contributed by atoms with Crippen molar-refractivity contribution in [1.82, 2.24) is 0 Å². The zero-order chi connectivity index (χ0) is 50.0. The van der Waals surface area contributed by atoms with Gasteiger partial charge in [0.2, 0.25) is 0 Å². The number of hydrogen-bond donors (Lipinski definition) is 0. The normalized spacial score (nSPS) is 12.4. The molecular formula is C63H112O6. The Morgan fingerprint density at radius 1 is 0.290 bits per heavy atom. The highest BCUT2D eigenvalue weighted by Gasteiger charge is 2.19. The lowest BCUT2D eigenvalue weighted by Gasteiger charge is -2.18. The van der Waals surface area contributed by atoms with Gasteiger partial charge in [0.25, 0.3) is 0 Å². The Bertz CT molecular complexity index is 1250. The number of unbranched alkanes of at least 4 members (excludes halogenated alkanes) is 33. The van der Waals surface area contributed by atoms with Gasteiger partial charge in [-0.1, -0.05) is 255 Å². The van der Waals surface area contributed by atoms with Crippen LogP contribution < -0.4 is 0 Å². The predicted octanol–water partition coefficient (Wildman–Crippen LogP) is 20.0. The van der Waals surface area contributed by atoms with Crippen molar-refractivity contribution in [2.45, 2.75) is 309 Å². The van der Waals surface area contributed by atoms with Gasteiger partial charge in [0, 0.05) is 19.3 Å². The third-order valence-corrected chi connectivity index (χ3v) is 13.0. The summed E-state index contributed by atoms with van der Waals surface area (Å²) in [5.74, 6) is -0.893. The van der Waals surface area contributed by atoms with Crippen molar-refractivity contribution in [2.75, 3.05) is 13.2 Å². The molecule has 6 heteroatoms. The minimum absolute atomic E-state index is 0.0783. The van der Waals surface area contributed by atoms with Gasteiger partial charge < -0.3 is 14.2 Å². The summed E-state index contributed by atoms with van der Waals surface area (Å²) in [7, 11) is 0. The van der Waals surface area contributed by atoms with Gasteiger partial charge in [-0.3, -0.25) is 14.4 Å². The number of carbonyl (C=O) groups is 3. The fourth-order valence-electron chi connectivity index (χ4n) is 8.48. The van der Waals surface area contributed by atoms with Crippen molar-refractivity contribution in [3.05, 3.63) is 60.8 Å². The number of hydrogen-bond acceptors (Lipinski definition) is 6. The molecule has 6 nitrogen and oxygen atoms in total. The zero-order valence-corrected chi connectivity index (χ0v) is 45.8. The van der Waals surface area contributed by atoms with Crippen LogP contribution in [0.25, 0.3) is 0 Å². The zero-order valence-electron chi connectivity index (χ0n) is 45.8. The van der Waals surface area contributed by atoms with Crippen LogP contribution >= 0.6 is 0 Å². The topological polar surface area (TPSA) is 78.9 Å². The van der Waals surface area contributed by atoms with Crippen LogP contribution in [0, 0.1) is 0 Å². The molecule has 0 saturated carbocycles. The first-order valence-electron chi connectivity index (χ1n) is 29.8. The van der Waals surface area contributed by atoms with E-state index < -0.39 is 6.10 Å². The molecule has 1 unspecified atom stereocenters. The monoisotopic (exact) mass is 965 g/mol. The molecule has 0 aromatic carbocycles. The molecule has 0 rings (SSSR count). The molecule has 0 aliphatic heterocycles. The van der Waals surface area contributed by atoms with Gasteiger partial charge in [-0.05, 0) is 89.9 Å². The average Bonchev–Trinajstić information content (AvgIpc) is 3.35. The number of rotatable bonds is 54. The lowest BCUT2D eigenvalue weighted by atomic mass is 10.0. The fourth-order valence-corrected chi connectivity index (χ4v) is 8.48. The fraction of sp³-hybridized carbons (Fsp3) is 0.794. The van der Waals surface area contributed by atoms with Gasteiger partial charge in [0.15, 0.2) is 6.10 Å². The van der Waals surface area contributed by atoms with Gasteiger partial charge in [0.1, 0.15) is 13.2 Å². The minimum atomic E-state index is -0.777. The summed E-state index contributed by atoms with van der Waals surface area (Å²) in [5, 5.41) is 0. The summed E-state index contributed by atoms with van der Waals surface area (Å²) in [6.07, 6.45) is 72.6. The van der Waals surface area contributed by atoms with Crippen LogP contribution in [0.4, 0.5) is 0 Å². The quantitative estimate of drug-likeness (QED) is 0.0262. The summed E-state index contributed by atoms with van der Waals surface area (Å²) >= 11 is 0. The van der Waals surface area contributed by atoms with E-state index in [9.17, 15) is 14.4 Å². The SMILES string of the molecule is CCCCCC/C=C\C/C=C\CCCCCCCC(=O)OC(COC(=O)CCCCCCCC)COC(=O)CCCCCCCCCCCCCCCC/C=C\C/C=C\C/C=C\CCCCCCC. The van der Waals surface area contributed by atoms with Crippen LogP contribution in [-0.4, -0.2) is 37.2 Å². The summed E-state index contributed by atoms with van der Waals surface area (Å²) in [6.45, 7) is 6.56. The molecule has 0 aromatic heterocycles. The number of ether oxygens (including phenoxy) is 3. The van der Waals surface area contributed by atoms with E-state index in [1.807, 2.05) is 0 Å². The van der Waals surface area contributed by atoms with Crippen molar-refractivity contribution in [3.8, 4) is 0 Å². The second kappa shape index (κ2) is 57.7. The maximum absolute atomic E-state index is 12.8. The van der Waals surface area contributed by atoms with Crippen molar-refractivity contribution in [3.63, 3.8) is 0 Å². The maximum atomic E-state index is 12.8. The molecule has 0 fully saturated rings. The lowest BCUT2D eigenvalue weighted by Crippen LogP contribution is -2.30. The molecule has 0 saturated heterocycles. The van der Waals surface area contributed by atoms with Crippen molar-refractivity contribution in [2.24, 2.45) is 0 Å². The van der Waals surface area contributed by atoms with Crippen molar-refractivity contribution >= 4 is 17.9 Å². The molecule has 1 atom stereocenters. The highest BCUT2D eigenvalue weighted by molar-refractivity contribution is 5.71. The third kappa shape index (κ3) is 55.9. The van der Waals surface area contributed by atoms with Crippen LogP contribution in [0.2, 0.25) is 0 Å². The first kappa shape index (κ1) is 66.1. The summed E-state index contributed by atoms with van der Waals surface area (Å²) < 4.78 is 16.7. The van der Waals surface area contributed by atoms with Crippen LogP contribution in [0.15, 0.2) is 60.8 Å². The van der Waals surface area contributed by atoms with E-state index in [0.717, 1.165) is 96.3 Å². The lowest BCUT2D eigenvalue weighted by molar-refractivity contribution is -0.167. The molecule has 0 radical (unpaired) electrons. The van der Waals surface area contributed by atoms with Crippen LogP contribution in [0.5, 0.6) is 0 Å². The Labute approximate surface area is 428 Å². The molecular weight excluding hydrogens is 853 g/mol. The Kier molecular flexibility index (Phi) is 55.3. The predicted molar refractivity (Wildman–Crippen MR) is 298 cm³/mol. The third-order valence-electron chi connectivity index (χ3n) is 13.0. The molecule has 0 N–H and O–H groups in total. The molecule has 0 heterocycles.